The van der Waals surface area contributed by atoms with Gasteiger partial charge in [0.05, 0.1) is 5.69 Å². The molecule has 4 N–H and O–H groups in total. The molecule has 0 spiro atoms. The van der Waals surface area contributed by atoms with Crippen molar-refractivity contribution in [2.24, 2.45) is 5.73 Å². The molecule has 1 aromatic carbocycles. The predicted octanol–water partition coefficient (Wildman–Crippen LogP) is 1.11. The first-order chi connectivity index (χ1) is 8.00. The molecule has 0 amide bonds. The highest BCUT2D eigenvalue weighted by atomic mass is 32.2. The molecule has 0 radical (unpaired) electrons. The fourth-order valence-corrected chi connectivity index (χ4v) is 2.51. The first kappa shape index (κ1) is 14.0. The molecule has 0 atom stereocenters. The molecule has 6 heteroatoms. The Labute approximate surface area is 103 Å². The first-order valence-corrected chi connectivity index (χ1v) is 7.04. The molecule has 0 aliphatic rings. The monoisotopic (exact) mass is 257 g/mol. The zero-order valence-electron chi connectivity index (χ0n) is 10.2. The minimum Gasteiger partial charge on any atom is -0.326 e. The largest absolute Gasteiger partial charge is 0.326 e. The van der Waals surface area contributed by atoms with Gasteiger partial charge in [-0.2, -0.15) is 13.1 Å². The SMILES string of the molecule is CCCNS(=O)(=O)Nc1cccc(C)c1CN. The van der Waals surface area contributed by atoms with Crippen LogP contribution in [0.5, 0.6) is 0 Å². The number of aryl methyl sites for hydroxylation is 1. The van der Waals surface area contributed by atoms with Crippen LogP contribution < -0.4 is 15.2 Å². The number of nitrogens with two attached hydrogens (primary N) is 1. The van der Waals surface area contributed by atoms with Crippen LogP contribution in [0.2, 0.25) is 0 Å². The van der Waals surface area contributed by atoms with E-state index in [1.165, 1.54) is 0 Å². The Balaban J connectivity index is 2.91. The summed E-state index contributed by atoms with van der Waals surface area (Å²) in [6.07, 6.45) is 0.748. The van der Waals surface area contributed by atoms with Crippen molar-refractivity contribution in [1.29, 1.82) is 0 Å². The maximum Gasteiger partial charge on any atom is 0.299 e. The maximum absolute atomic E-state index is 11.7. The molecule has 0 bridgehead atoms. The standard InChI is InChI=1S/C11H19N3O2S/c1-3-7-13-17(15,16)14-11-6-4-5-9(2)10(11)8-12/h4-6,13-14H,3,7-8,12H2,1-2H3. The van der Waals surface area contributed by atoms with Gasteiger partial charge in [-0.25, -0.2) is 0 Å². The van der Waals surface area contributed by atoms with Crippen molar-refractivity contribution >= 4 is 15.9 Å². The summed E-state index contributed by atoms with van der Waals surface area (Å²) in [7, 11) is -3.50. The van der Waals surface area contributed by atoms with Gasteiger partial charge in [-0.05, 0) is 30.5 Å². The van der Waals surface area contributed by atoms with Gasteiger partial charge in [-0.3, -0.25) is 4.72 Å². The Morgan fingerprint density at radius 3 is 2.65 bits per heavy atom. The third-order valence-electron chi connectivity index (χ3n) is 2.40. The summed E-state index contributed by atoms with van der Waals surface area (Å²) >= 11 is 0. The van der Waals surface area contributed by atoms with E-state index in [9.17, 15) is 8.42 Å². The van der Waals surface area contributed by atoms with Crippen LogP contribution in [0.15, 0.2) is 18.2 Å². The van der Waals surface area contributed by atoms with Crippen LogP contribution in [0.3, 0.4) is 0 Å². The molecule has 1 aromatic rings. The average Bonchev–Trinajstić information content (AvgIpc) is 2.26. The number of rotatable bonds is 6. The van der Waals surface area contributed by atoms with Crippen LogP contribution in [-0.4, -0.2) is 15.0 Å². The van der Waals surface area contributed by atoms with E-state index in [1.54, 1.807) is 12.1 Å². The first-order valence-electron chi connectivity index (χ1n) is 5.56. The third kappa shape index (κ3) is 3.99. The van der Waals surface area contributed by atoms with Crippen LogP contribution in [0.1, 0.15) is 24.5 Å². The van der Waals surface area contributed by atoms with Crippen molar-refractivity contribution in [3.05, 3.63) is 29.3 Å². The smallest absolute Gasteiger partial charge is 0.299 e. The second-order valence-electron chi connectivity index (χ2n) is 3.80. The fourth-order valence-electron chi connectivity index (χ4n) is 1.49. The molecule has 17 heavy (non-hydrogen) atoms. The van der Waals surface area contributed by atoms with Crippen molar-refractivity contribution in [3.63, 3.8) is 0 Å². The summed E-state index contributed by atoms with van der Waals surface area (Å²) < 4.78 is 28.3. The van der Waals surface area contributed by atoms with Gasteiger partial charge in [0.15, 0.2) is 0 Å². The molecule has 0 saturated carbocycles. The zero-order valence-corrected chi connectivity index (χ0v) is 11.0. The summed E-state index contributed by atoms with van der Waals surface area (Å²) in [5.41, 5.74) is 7.94. The van der Waals surface area contributed by atoms with E-state index in [0.717, 1.165) is 17.5 Å². The molecule has 96 valence electrons. The summed E-state index contributed by atoms with van der Waals surface area (Å²) in [6.45, 7) is 4.53. The number of hydrogen-bond donors (Lipinski definition) is 3. The second kappa shape index (κ2) is 6.00. The van der Waals surface area contributed by atoms with E-state index in [1.807, 2.05) is 19.9 Å². The van der Waals surface area contributed by atoms with Crippen LogP contribution in [0, 0.1) is 6.92 Å². The third-order valence-corrected chi connectivity index (χ3v) is 3.47. The molecular weight excluding hydrogens is 238 g/mol. The van der Waals surface area contributed by atoms with E-state index >= 15 is 0 Å². The Hall–Kier alpha value is -1.11. The Bertz CT molecular complexity index is 472. The molecule has 0 aliphatic carbocycles. The lowest BCUT2D eigenvalue weighted by molar-refractivity contribution is 0.586. The van der Waals surface area contributed by atoms with Gasteiger partial charge in [0, 0.05) is 13.1 Å². The minimum absolute atomic E-state index is 0.304. The van der Waals surface area contributed by atoms with Gasteiger partial charge >= 0.3 is 0 Å². The number of benzene rings is 1. The highest BCUT2D eigenvalue weighted by Gasteiger charge is 2.11. The molecule has 1 rings (SSSR count). The van der Waals surface area contributed by atoms with E-state index in [2.05, 4.69) is 9.44 Å². The van der Waals surface area contributed by atoms with Crippen molar-refractivity contribution in [3.8, 4) is 0 Å². The summed E-state index contributed by atoms with van der Waals surface area (Å²) in [4.78, 5) is 0. The van der Waals surface area contributed by atoms with Gasteiger partial charge in [-0.15, -0.1) is 0 Å². The lowest BCUT2D eigenvalue weighted by atomic mass is 10.1. The lowest BCUT2D eigenvalue weighted by Crippen LogP contribution is -2.31. The summed E-state index contributed by atoms with van der Waals surface area (Å²) in [5.74, 6) is 0. The number of anilines is 1. The van der Waals surface area contributed by atoms with Crippen LogP contribution in [-0.2, 0) is 16.8 Å². The van der Waals surface area contributed by atoms with Crippen LogP contribution in [0.4, 0.5) is 5.69 Å². The quantitative estimate of drug-likeness (QED) is 0.713. The van der Waals surface area contributed by atoms with Crippen LogP contribution >= 0.6 is 0 Å². The molecule has 0 aliphatic heterocycles. The van der Waals surface area contributed by atoms with Crippen molar-refractivity contribution < 1.29 is 8.42 Å². The summed E-state index contributed by atoms with van der Waals surface area (Å²) in [6, 6.07) is 5.41. The highest BCUT2D eigenvalue weighted by molar-refractivity contribution is 7.90. The molecule has 5 nitrogen and oxygen atoms in total. The van der Waals surface area contributed by atoms with Crippen LogP contribution in [0.25, 0.3) is 0 Å². The molecule has 0 aromatic heterocycles. The van der Waals surface area contributed by atoms with E-state index in [-0.39, 0.29) is 0 Å². The molecule has 0 heterocycles. The zero-order chi connectivity index (χ0) is 12.9. The van der Waals surface area contributed by atoms with E-state index < -0.39 is 10.2 Å². The van der Waals surface area contributed by atoms with E-state index in [4.69, 9.17) is 5.73 Å². The molecule has 0 fully saturated rings. The van der Waals surface area contributed by atoms with Crippen molar-refractivity contribution in [2.75, 3.05) is 11.3 Å². The number of hydrogen-bond acceptors (Lipinski definition) is 3. The maximum atomic E-state index is 11.7. The lowest BCUT2D eigenvalue weighted by Gasteiger charge is -2.13. The van der Waals surface area contributed by atoms with Gasteiger partial charge in [0.25, 0.3) is 10.2 Å². The molecular formula is C11H19N3O2S. The highest BCUT2D eigenvalue weighted by Crippen LogP contribution is 2.19. The predicted molar refractivity (Wildman–Crippen MR) is 69.9 cm³/mol. The van der Waals surface area contributed by atoms with Crippen molar-refractivity contribution in [2.45, 2.75) is 26.8 Å². The Morgan fingerprint density at radius 2 is 2.06 bits per heavy atom. The van der Waals surface area contributed by atoms with Gasteiger partial charge in [-0.1, -0.05) is 19.1 Å². The minimum atomic E-state index is -3.50. The Morgan fingerprint density at radius 1 is 1.35 bits per heavy atom. The molecule has 0 saturated heterocycles. The normalized spacial score (nSPS) is 11.5. The van der Waals surface area contributed by atoms with Gasteiger partial charge < -0.3 is 5.73 Å². The number of nitrogens with one attached hydrogen (secondary N) is 2. The van der Waals surface area contributed by atoms with Crippen molar-refractivity contribution in [1.82, 2.24) is 4.72 Å². The fraction of sp³-hybridized carbons (Fsp3) is 0.455. The van der Waals surface area contributed by atoms with Gasteiger partial charge in [0.1, 0.15) is 0 Å². The topological polar surface area (TPSA) is 84.2 Å². The summed E-state index contributed by atoms with van der Waals surface area (Å²) in [5, 5.41) is 0. The Kier molecular flexibility index (Phi) is 4.92. The second-order valence-corrected chi connectivity index (χ2v) is 5.30. The average molecular weight is 257 g/mol. The van der Waals surface area contributed by atoms with E-state index in [0.29, 0.717) is 18.8 Å². The van der Waals surface area contributed by atoms with Gasteiger partial charge in [0.2, 0.25) is 0 Å². The molecule has 0 unspecified atom stereocenters.